The molecule has 0 radical (unpaired) electrons. The molecule has 0 fully saturated rings. The van der Waals surface area contributed by atoms with Crippen molar-refractivity contribution in [3.8, 4) is 39.5 Å². The molecular formula is C58H40N2O4. The van der Waals surface area contributed by atoms with Gasteiger partial charge in [0.1, 0.15) is 34.0 Å². The Balaban J connectivity index is 0.967. The maximum Gasteiger partial charge on any atom is 0.137 e. The largest absolute Gasteiger partial charge is 0.507 e. The molecule has 11 rings (SSSR count). The molecule has 64 heavy (non-hydrogen) atoms. The molecule has 0 bridgehead atoms. The van der Waals surface area contributed by atoms with Crippen LogP contribution in [0.2, 0.25) is 0 Å². The van der Waals surface area contributed by atoms with Gasteiger partial charge in [0.05, 0.1) is 6.26 Å². The Kier molecular flexibility index (Phi) is 9.52. The zero-order valence-corrected chi connectivity index (χ0v) is 34.7. The number of anilines is 4. The zero-order chi connectivity index (χ0) is 43.1. The van der Waals surface area contributed by atoms with Gasteiger partial charge in [0.25, 0.3) is 0 Å². The summed E-state index contributed by atoms with van der Waals surface area (Å²) in [6, 6.07) is 54.9. The van der Waals surface area contributed by atoms with Gasteiger partial charge in [-0.2, -0.15) is 0 Å². The van der Waals surface area contributed by atoms with Gasteiger partial charge in [-0.25, -0.2) is 0 Å². The van der Waals surface area contributed by atoms with Gasteiger partial charge in [-0.1, -0.05) is 104 Å². The predicted octanol–water partition coefficient (Wildman–Crippen LogP) is 16.4. The molecule has 6 heteroatoms. The number of phenols is 1. The summed E-state index contributed by atoms with van der Waals surface area (Å²) >= 11 is 0. The van der Waals surface area contributed by atoms with Crippen molar-refractivity contribution in [3.05, 3.63) is 231 Å². The molecule has 1 N–H and O–H groups in total. The van der Waals surface area contributed by atoms with Crippen molar-refractivity contribution in [1.82, 2.24) is 0 Å². The number of ether oxygens (including phenoxy) is 1. The number of benzene rings is 8. The van der Waals surface area contributed by atoms with Crippen molar-refractivity contribution < 1.29 is 18.7 Å². The highest BCUT2D eigenvalue weighted by Crippen LogP contribution is 2.51. The van der Waals surface area contributed by atoms with Gasteiger partial charge in [-0.05, 0) is 114 Å². The third-order valence-electron chi connectivity index (χ3n) is 11.8. The molecule has 0 aliphatic carbocycles. The Morgan fingerprint density at radius 2 is 1.23 bits per heavy atom. The van der Waals surface area contributed by atoms with Crippen LogP contribution in [0, 0.1) is 0 Å². The Hall–Kier alpha value is -8.74. The number of phenolic OH excluding ortho intramolecular Hbond substituents is 1. The van der Waals surface area contributed by atoms with Crippen LogP contribution in [0.25, 0.3) is 72.0 Å². The molecule has 0 unspecified atom stereocenters. The monoisotopic (exact) mass is 828 g/mol. The Morgan fingerprint density at radius 1 is 0.516 bits per heavy atom. The van der Waals surface area contributed by atoms with Crippen LogP contribution in [0.5, 0.6) is 17.2 Å². The number of hydrogen-bond acceptors (Lipinski definition) is 6. The van der Waals surface area contributed by atoms with Crippen LogP contribution in [0.1, 0.15) is 5.56 Å². The molecule has 1 aliphatic rings. The smallest absolute Gasteiger partial charge is 0.137 e. The summed E-state index contributed by atoms with van der Waals surface area (Å²) in [5.41, 5.74) is 11.5. The normalized spacial score (nSPS) is 12.3. The van der Waals surface area contributed by atoms with Gasteiger partial charge in [-0.15, -0.1) is 0 Å². The summed E-state index contributed by atoms with van der Waals surface area (Å²) in [5.74, 6) is 1.65. The first-order chi connectivity index (χ1) is 31.6. The fourth-order valence-electron chi connectivity index (χ4n) is 8.86. The number of nitrogens with zero attached hydrogens (tertiary/aromatic N) is 2. The maximum absolute atomic E-state index is 11.9. The second kappa shape index (κ2) is 15.9. The molecule has 0 amide bonds. The van der Waals surface area contributed by atoms with E-state index in [1.807, 2.05) is 140 Å². The van der Waals surface area contributed by atoms with Crippen LogP contribution in [0.3, 0.4) is 0 Å². The van der Waals surface area contributed by atoms with Crippen LogP contribution < -0.4 is 14.5 Å². The van der Waals surface area contributed by atoms with E-state index < -0.39 is 0 Å². The van der Waals surface area contributed by atoms with E-state index in [0.29, 0.717) is 5.56 Å². The van der Waals surface area contributed by atoms with E-state index in [9.17, 15) is 5.11 Å². The first-order valence-corrected chi connectivity index (χ1v) is 21.1. The molecule has 3 heterocycles. The second-order valence-corrected chi connectivity index (χ2v) is 15.6. The maximum atomic E-state index is 11.9. The Morgan fingerprint density at radius 3 is 2.08 bits per heavy atom. The molecule has 8 aromatic carbocycles. The van der Waals surface area contributed by atoms with Gasteiger partial charge in [-0.3, -0.25) is 0 Å². The number of aromatic hydroxyl groups is 1. The van der Waals surface area contributed by atoms with Gasteiger partial charge in [0, 0.05) is 85.0 Å². The summed E-state index contributed by atoms with van der Waals surface area (Å²) in [4.78, 5) is 4.23. The average Bonchev–Trinajstić information content (AvgIpc) is 3.93. The lowest BCUT2D eigenvalue weighted by molar-refractivity contribution is 0.477. The summed E-state index contributed by atoms with van der Waals surface area (Å²) < 4.78 is 18.8. The van der Waals surface area contributed by atoms with Crippen LogP contribution in [-0.2, 0) is 0 Å². The van der Waals surface area contributed by atoms with E-state index in [1.165, 1.54) is 0 Å². The SMILES string of the molecule is C=C/C=C\C=C\N(c1ccc2c(c1)Oc1ccc(-c3ccc(N(/C(C=C)=C/c4coc5ccccc45)c4ccccc4)cc3O)c3cccc-2c13)c1ccc2oc3ccccc3c2c1. The third kappa shape index (κ3) is 6.62. The highest BCUT2D eigenvalue weighted by molar-refractivity contribution is 6.11. The minimum Gasteiger partial charge on any atom is -0.507 e. The lowest BCUT2D eigenvalue weighted by Gasteiger charge is -2.27. The van der Waals surface area contributed by atoms with E-state index in [0.717, 1.165) is 106 Å². The topological polar surface area (TPSA) is 62.2 Å². The standard InChI is InChI=1S/C58H40N2O4/c1-3-5-6-14-32-59(41-26-30-55-51(34-41)47-19-11-13-23-54(47)63-55)42-24-28-48-50-21-15-20-49-45(29-31-56(58(49)50)64-57(48)36-42)46-27-25-43(35-52(46)61)60(40-16-8-7-9-17-40)39(4-2)33-38-37-62-53-22-12-10-18-44(38)53/h3-37,61H,1-2H2/b6-5-,32-14+,39-33+. The summed E-state index contributed by atoms with van der Waals surface area (Å²) in [6.45, 7) is 8.02. The predicted molar refractivity (Wildman–Crippen MR) is 264 cm³/mol. The first-order valence-electron chi connectivity index (χ1n) is 21.1. The van der Waals surface area contributed by atoms with E-state index in [-0.39, 0.29) is 5.75 Å². The number of fused-ring (bicyclic) bond motifs is 6. The van der Waals surface area contributed by atoms with Crippen molar-refractivity contribution >= 4 is 72.5 Å². The van der Waals surface area contributed by atoms with E-state index >= 15 is 0 Å². The van der Waals surface area contributed by atoms with Crippen LogP contribution in [0.15, 0.2) is 234 Å². The third-order valence-corrected chi connectivity index (χ3v) is 11.8. The van der Waals surface area contributed by atoms with E-state index in [1.54, 1.807) is 12.3 Å². The number of para-hydroxylation sites is 3. The fourth-order valence-corrected chi connectivity index (χ4v) is 8.86. The molecule has 0 saturated carbocycles. The molecular weight excluding hydrogens is 789 g/mol. The van der Waals surface area contributed by atoms with Crippen LogP contribution >= 0.6 is 0 Å². The molecule has 1 aliphatic heterocycles. The summed E-state index contributed by atoms with van der Waals surface area (Å²) in [6.07, 6.45) is 15.3. The van der Waals surface area contributed by atoms with Gasteiger partial charge in [0.15, 0.2) is 0 Å². The van der Waals surface area contributed by atoms with Crippen molar-refractivity contribution in [2.75, 3.05) is 9.80 Å². The highest BCUT2D eigenvalue weighted by Gasteiger charge is 2.25. The Labute approximate surface area is 370 Å². The van der Waals surface area contributed by atoms with Crippen molar-refractivity contribution in [1.29, 1.82) is 0 Å². The highest BCUT2D eigenvalue weighted by atomic mass is 16.5. The summed E-state index contributed by atoms with van der Waals surface area (Å²) in [5, 5.41) is 17.0. The van der Waals surface area contributed by atoms with E-state index in [2.05, 4.69) is 83.6 Å². The molecule has 10 aromatic rings. The molecule has 0 atom stereocenters. The number of furan rings is 2. The van der Waals surface area contributed by atoms with Crippen molar-refractivity contribution in [2.45, 2.75) is 0 Å². The molecule has 2 aromatic heterocycles. The minimum absolute atomic E-state index is 0.149. The number of hydrogen-bond donors (Lipinski definition) is 1. The van der Waals surface area contributed by atoms with Gasteiger partial charge >= 0.3 is 0 Å². The fraction of sp³-hybridized carbons (Fsp3) is 0. The number of allylic oxidation sites excluding steroid dienone is 5. The van der Waals surface area contributed by atoms with Gasteiger partial charge in [0.2, 0.25) is 0 Å². The quantitative estimate of drug-likeness (QED) is 0.131. The molecule has 6 nitrogen and oxygen atoms in total. The average molecular weight is 829 g/mol. The lowest BCUT2D eigenvalue weighted by Crippen LogP contribution is -2.15. The zero-order valence-electron chi connectivity index (χ0n) is 34.7. The molecule has 0 saturated heterocycles. The summed E-state index contributed by atoms with van der Waals surface area (Å²) in [7, 11) is 0. The van der Waals surface area contributed by atoms with Crippen LogP contribution in [-0.4, -0.2) is 5.11 Å². The molecule has 0 spiro atoms. The molecule has 306 valence electrons. The number of rotatable bonds is 11. The van der Waals surface area contributed by atoms with E-state index in [4.69, 9.17) is 13.6 Å². The van der Waals surface area contributed by atoms with Gasteiger partial charge < -0.3 is 28.5 Å². The lowest BCUT2D eigenvalue weighted by atomic mass is 9.90. The van der Waals surface area contributed by atoms with Crippen molar-refractivity contribution in [3.63, 3.8) is 0 Å². The van der Waals surface area contributed by atoms with Crippen LogP contribution in [0.4, 0.5) is 22.7 Å². The first kappa shape index (κ1) is 38.2. The van der Waals surface area contributed by atoms with Crippen molar-refractivity contribution in [2.24, 2.45) is 0 Å². The Bertz CT molecular complexity index is 3550. The minimum atomic E-state index is 0.149. The second-order valence-electron chi connectivity index (χ2n) is 15.6.